The summed E-state index contributed by atoms with van der Waals surface area (Å²) in [7, 11) is 0. The van der Waals surface area contributed by atoms with E-state index in [0.717, 1.165) is 16.5 Å². The van der Waals surface area contributed by atoms with Crippen LogP contribution in [0.1, 0.15) is 17.5 Å². The number of benzene rings is 2. The summed E-state index contributed by atoms with van der Waals surface area (Å²) >= 11 is 0. The molecule has 0 fully saturated rings. The average molecular weight is 375 g/mol. The number of aryl methyl sites for hydroxylation is 1. The number of para-hydroxylation sites is 1. The number of hydrogen-bond donors (Lipinski definition) is 0. The third-order valence-corrected chi connectivity index (χ3v) is 4.21. The molecule has 140 valence electrons. The lowest BCUT2D eigenvalue weighted by atomic mass is 10.1. The van der Waals surface area contributed by atoms with E-state index < -0.39 is 10.9 Å². The first-order valence-corrected chi connectivity index (χ1v) is 8.61. The number of carbonyl (C=O) groups excluding carboxylic acids is 1. The molecule has 28 heavy (non-hydrogen) atoms. The fraction of sp³-hybridized carbons (Fsp3) is 0.143. The summed E-state index contributed by atoms with van der Waals surface area (Å²) in [6.07, 6.45) is 5.34. The number of nitrogens with zero attached hydrogens (tertiary/aromatic N) is 3. The highest BCUT2D eigenvalue weighted by Gasteiger charge is 2.07. The van der Waals surface area contributed by atoms with Gasteiger partial charge in [-0.25, -0.2) is 4.79 Å². The minimum atomic E-state index is -0.507. The van der Waals surface area contributed by atoms with Gasteiger partial charge in [0.15, 0.2) is 0 Å². The fourth-order valence-corrected chi connectivity index (χ4v) is 2.84. The lowest BCUT2D eigenvalue weighted by Gasteiger charge is -2.01. The second kappa shape index (κ2) is 8.64. The molecule has 3 aromatic rings. The molecule has 0 aliphatic heterocycles. The molecule has 0 unspecified atom stereocenters. The van der Waals surface area contributed by atoms with E-state index in [1.165, 1.54) is 18.2 Å². The van der Waals surface area contributed by atoms with Crippen molar-refractivity contribution in [3.8, 4) is 6.07 Å². The van der Waals surface area contributed by atoms with Gasteiger partial charge in [0, 0.05) is 47.4 Å². The van der Waals surface area contributed by atoms with Gasteiger partial charge in [0.2, 0.25) is 0 Å². The number of nitro groups is 1. The Morgan fingerprint density at radius 2 is 1.96 bits per heavy atom. The summed E-state index contributed by atoms with van der Waals surface area (Å²) in [5.41, 5.74) is 2.51. The molecule has 0 amide bonds. The largest absolute Gasteiger partial charge is 0.458 e. The van der Waals surface area contributed by atoms with E-state index >= 15 is 0 Å². The van der Waals surface area contributed by atoms with Crippen molar-refractivity contribution in [2.24, 2.45) is 0 Å². The van der Waals surface area contributed by atoms with Crippen molar-refractivity contribution in [2.45, 2.75) is 19.6 Å². The van der Waals surface area contributed by atoms with Gasteiger partial charge in [-0.1, -0.05) is 18.2 Å². The first-order valence-electron chi connectivity index (χ1n) is 8.61. The number of rotatable bonds is 7. The fourth-order valence-electron chi connectivity index (χ4n) is 2.84. The van der Waals surface area contributed by atoms with Crippen LogP contribution in [0.3, 0.4) is 0 Å². The van der Waals surface area contributed by atoms with Crippen LogP contribution >= 0.6 is 0 Å². The number of nitro benzene ring substituents is 1. The molecule has 0 aliphatic carbocycles. The number of fused-ring (bicyclic) bond motifs is 1. The van der Waals surface area contributed by atoms with Crippen molar-refractivity contribution in [1.82, 2.24) is 4.57 Å². The highest BCUT2D eigenvalue weighted by Crippen LogP contribution is 2.23. The van der Waals surface area contributed by atoms with Crippen LogP contribution in [0.15, 0.2) is 60.8 Å². The zero-order chi connectivity index (χ0) is 19.9. The Morgan fingerprint density at radius 3 is 2.68 bits per heavy atom. The third-order valence-electron chi connectivity index (χ3n) is 4.21. The van der Waals surface area contributed by atoms with Crippen LogP contribution in [-0.4, -0.2) is 15.5 Å². The van der Waals surface area contributed by atoms with Gasteiger partial charge >= 0.3 is 5.97 Å². The lowest BCUT2D eigenvalue weighted by Crippen LogP contribution is -2.00. The molecule has 0 saturated carbocycles. The van der Waals surface area contributed by atoms with Crippen LogP contribution in [0.25, 0.3) is 17.0 Å². The number of hydrogen-bond acceptors (Lipinski definition) is 5. The second-order valence-corrected chi connectivity index (χ2v) is 6.07. The van der Waals surface area contributed by atoms with E-state index in [2.05, 4.69) is 6.07 Å². The molecular weight excluding hydrogens is 358 g/mol. The molecule has 3 rings (SSSR count). The van der Waals surface area contributed by atoms with E-state index in [1.807, 2.05) is 35.0 Å². The van der Waals surface area contributed by atoms with E-state index in [4.69, 9.17) is 10.00 Å². The summed E-state index contributed by atoms with van der Waals surface area (Å²) in [5, 5.41) is 20.4. The van der Waals surface area contributed by atoms with Crippen LogP contribution in [0, 0.1) is 21.4 Å². The van der Waals surface area contributed by atoms with Crippen molar-refractivity contribution < 1.29 is 14.5 Å². The maximum Gasteiger partial charge on any atom is 0.331 e. The Balaban J connectivity index is 1.67. The molecule has 0 spiro atoms. The average Bonchev–Trinajstić information content (AvgIpc) is 3.07. The minimum Gasteiger partial charge on any atom is -0.458 e. The van der Waals surface area contributed by atoms with Crippen LogP contribution < -0.4 is 0 Å². The molecule has 0 radical (unpaired) electrons. The van der Waals surface area contributed by atoms with Crippen LogP contribution in [-0.2, 0) is 22.7 Å². The van der Waals surface area contributed by atoms with E-state index in [0.29, 0.717) is 18.5 Å². The molecule has 1 aromatic heterocycles. The highest BCUT2D eigenvalue weighted by atomic mass is 16.6. The van der Waals surface area contributed by atoms with Crippen LogP contribution in [0.4, 0.5) is 5.69 Å². The number of nitriles is 1. The van der Waals surface area contributed by atoms with Gasteiger partial charge in [0.1, 0.15) is 6.61 Å². The van der Waals surface area contributed by atoms with Crippen molar-refractivity contribution in [3.63, 3.8) is 0 Å². The predicted molar refractivity (Wildman–Crippen MR) is 104 cm³/mol. The standard InChI is InChI=1S/C21H17N3O4/c22-12-3-13-23-14-17(19-4-1-2-5-20(19)23)8-11-21(25)28-15-16-6-9-18(10-7-16)24(26)27/h1-2,4-11,14H,3,13,15H2. The van der Waals surface area contributed by atoms with E-state index in [-0.39, 0.29) is 12.3 Å². The Kier molecular flexibility index (Phi) is 5.82. The molecule has 0 atom stereocenters. The molecule has 7 nitrogen and oxygen atoms in total. The second-order valence-electron chi connectivity index (χ2n) is 6.07. The lowest BCUT2D eigenvalue weighted by molar-refractivity contribution is -0.384. The monoisotopic (exact) mass is 375 g/mol. The van der Waals surface area contributed by atoms with Crippen molar-refractivity contribution in [3.05, 3.63) is 82.0 Å². The summed E-state index contributed by atoms with van der Waals surface area (Å²) in [5.74, 6) is -0.507. The molecule has 0 N–H and O–H groups in total. The van der Waals surface area contributed by atoms with Gasteiger partial charge in [-0.05, 0) is 29.8 Å². The Bertz CT molecular complexity index is 1080. The van der Waals surface area contributed by atoms with Crippen molar-refractivity contribution in [2.75, 3.05) is 0 Å². The predicted octanol–water partition coefficient (Wildman–Crippen LogP) is 4.22. The number of esters is 1. The van der Waals surface area contributed by atoms with Crippen molar-refractivity contribution in [1.29, 1.82) is 5.26 Å². The van der Waals surface area contributed by atoms with Crippen molar-refractivity contribution >= 4 is 28.6 Å². The Morgan fingerprint density at radius 1 is 1.21 bits per heavy atom. The first kappa shape index (κ1) is 18.9. The van der Waals surface area contributed by atoms with Gasteiger partial charge in [-0.2, -0.15) is 5.26 Å². The molecule has 1 heterocycles. The molecule has 2 aromatic carbocycles. The third kappa shape index (κ3) is 4.43. The number of aromatic nitrogens is 1. The molecule has 0 bridgehead atoms. The van der Waals surface area contributed by atoms with Gasteiger partial charge in [-0.3, -0.25) is 10.1 Å². The van der Waals surface area contributed by atoms with Crippen LogP contribution in [0.2, 0.25) is 0 Å². The van der Waals surface area contributed by atoms with Gasteiger partial charge < -0.3 is 9.30 Å². The zero-order valence-corrected chi connectivity index (χ0v) is 14.9. The van der Waals surface area contributed by atoms with Crippen LogP contribution in [0.5, 0.6) is 0 Å². The Labute approximate surface area is 161 Å². The SMILES string of the molecule is N#CCCn1cc(C=CC(=O)OCc2ccc([N+](=O)[O-])cc2)c2ccccc21. The smallest absolute Gasteiger partial charge is 0.331 e. The highest BCUT2D eigenvalue weighted by molar-refractivity contribution is 5.94. The number of ether oxygens (including phenoxy) is 1. The zero-order valence-electron chi connectivity index (χ0n) is 14.9. The van der Waals surface area contributed by atoms with Gasteiger partial charge in [-0.15, -0.1) is 0 Å². The summed E-state index contributed by atoms with van der Waals surface area (Å²) in [4.78, 5) is 22.2. The minimum absolute atomic E-state index is 0.0113. The maximum atomic E-state index is 12.0. The summed E-state index contributed by atoms with van der Waals surface area (Å²) < 4.78 is 7.18. The summed E-state index contributed by atoms with van der Waals surface area (Å²) in [6.45, 7) is 0.612. The van der Waals surface area contributed by atoms with E-state index in [1.54, 1.807) is 18.2 Å². The molecule has 0 aliphatic rings. The number of carbonyl (C=O) groups is 1. The van der Waals surface area contributed by atoms with Gasteiger partial charge in [0.25, 0.3) is 5.69 Å². The maximum absolute atomic E-state index is 12.0. The normalized spacial score (nSPS) is 10.8. The topological polar surface area (TPSA) is 98.2 Å². The molecule has 7 heteroatoms. The molecule has 0 saturated heterocycles. The molecular formula is C21H17N3O4. The summed E-state index contributed by atoms with van der Waals surface area (Å²) in [6, 6.07) is 15.8. The quantitative estimate of drug-likeness (QED) is 0.266. The number of non-ortho nitro benzene ring substituents is 1. The first-order chi connectivity index (χ1) is 13.6. The van der Waals surface area contributed by atoms with E-state index in [9.17, 15) is 14.9 Å². The van der Waals surface area contributed by atoms with Gasteiger partial charge in [0.05, 0.1) is 17.4 Å². The Hall–Kier alpha value is -3.92.